The number of hydrogen-bond acceptors (Lipinski definition) is 4. The van der Waals surface area contributed by atoms with Crippen molar-refractivity contribution in [2.24, 2.45) is 0 Å². The van der Waals surface area contributed by atoms with Gasteiger partial charge in [-0.05, 0) is 31.2 Å². The lowest BCUT2D eigenvalue weighted by atomic mass is 10.1. The highest BCUT2D eigenvalue weighted by Gasteiger charge is 2.20. The molecule has 6 nitrogen and oxygen atoms in total. The average Bonchev–Trinajstić information content (AvgIpc) is 3.14. The Morgan fingerprint density at radius 2 is 1.93 bits per heavy atom. The van der Waals surface area contributed by atoms with Crippen molar-refractivity contribution in [1.29, 1.82) is 0 Å². The van der Waals surface area contributed by atoms with Gasteiger partial charge in [0, 0.05) is 24.9 Å². The number of benzene rings is 2. The van der Waals surface area contributed by atoms with Gasteiger partial charge in [-0.25, -0.2) is 4.68 Å². The van der Waals surface area contributed by atoms with E-state index in [1.165, 1.54) is 0 Å². The van der Waals surface area contributed by atoms with E-state index in [2.05, 4.69) is 10.4 Å². The molecule has 3 aromatic rings. The third-order valence-electron chi connectivity index (χ3n) is 4.12. The topological polar surface area (TPSA) is 65.4 Å². The summed E-state index contributed by atoms with van der Waals surface area (Å²) in [5.74, 6) is 0.514. The second-order valence-corrected chi connectivity index (χ2v) is 6.23. The minimum Gasteiger partial charge on any atom is -0.497 e. The van der Waals surface area contributed by atoms with Crippen molar-refractivity contribution in [3.05, 3.63) is 66.4 Å². The molecule has 27 heavy (non-hydrogen) atoms. The number of amides is 1. The summed E-state index contributed by atoms with van der Waals surface area (Å²) in [5.41, 5.74) is 2.79. The third-order valence-corrected chi connectivity index (χ3v) is 4.12. The van der Waals surface area contributed by atoms with E-state index in [9.17, 15) is 4.79 Å². The first-order valence-corrected chi connectivity index (χ1v) is 8.71. The number of ether oxygens (including phenoxy) is 2. The zero-order valence-corrected chi connectivity index (χ0v) is 15.7. The minimum atomic E-state index is -0.195. The van der Waals surface area contributed by atoms with E-state index in [0.717, 1.165) is 11.3 Å². The lowest BCUT2D eigenvalue weighted by Gasteiger charge is -2.12. The van der Waals surface area contributed by atoms with Crippen LogP contribution in [0.3, 0.4) is 0 Å². The molecule has 1 N–H and O–H groups in total. The van der Waals surface area contributed by atoms with Gasteiger partial charge in [0.1, 0.15) is 11.4 Å². The Bertz CT molecular complexity index is 906. The number of carbonyl (C=O) groups is 1. The van der Waals surface area contributed by atoms with Crippen molar-refractivity contribution in [3.8, 4) is 22.7 Å². The van der Waals surface area contributed by atoms with Crippen molar-refractivity contribution in [2.45, 2.75) is 13.0 Å². The number of para-hydroxylation sites is 1. The first-order valence-electron chi connectivity index (χ1n) is 8.71. The summed E-state index contributed by atoms with van der Waals surface area (Å²) in [4.78, 5) is 12.9. The number of nitrogens with zero attached hydrogens (tertiary/aromatic N) is 2. The van der Waals surface area contributed by atoms with Gasteiger partial charge in [-0.2, -0.15) is 5.10 Å². The third kappa shape index (κ3) is 4.35. The van der Waals surface area contributed by atoms with Crippen LogP contribution in [0.15, 0.2) is 60.8 Å². The van der Waals surface area contributed by atoms with E-state index in [-0.39, 0.29) is 11.9 Å². The van der Waals surface area contributed by atoms with Gasteiger partial charge < -0.3 is 14.8 Å². The number of nitrogens with one attached hydrogen (secondary N) is 1. The van der Waals surface area contributed by atoms with Crippen molar-refractivity contribution >= 4 is 5.91 Å². The Balaban J connectivity index is 2.04. The van der Waals surface area contributed by atoms with Crippen LogP contribution in [0.4, 0.5) is 0 Å². The number of methoxy groups -OCH3 is 2. The molecule has 2 aromatic carbocycles. The molecule has 0 aliphatic heterocycles. The second kappa shape index (κ2) is 8.51. The number of carbonyl (C=O) groups excluding carboxylic acids is 1. The molecule has 1 heterocycles. The quantitative estimate of drug-likeness (QED) is 0.698. The molecule has 0 bridgehead atoms. The fourth-order valence-electron chi connectivity index (χ4n) is 2.83. The second-order valence-electron chi connectivity index (χ2n) is 6.23. The number of rotatable bonds is 7. The lowest BCUT2D eigenvalue weighted by molar-refractivity contribution is 0.0906. The number of aromatic nitrogens is 2. The van der Waals surface area contributed by atoms with Crippen LogP contribution >= 0.6 is 0 Å². The summed E-state index contributed by atoms with van der Waals surface area (Å²) in [6, 6.07) is 17.1. The zero-order valence-electron chi connectivity index (χ0n) is 15.7. The van der Waals surface area contributed by atoms with Gasteiger partial charge >= 0.3 is 0 Å². The Labute approximate surface area is 158 Å². The molecule has 0 spiro atoms. The molecule has 6 heteroatoms. The molecular formula is C21H23N3O3. The predicted molar refractivity (Wildman–Crippen MR) is 104 cm³/mol. The first kappa shape index (κ1) is 18.7. The molecule has 140 valence electrons. The molecule has 1 amide bonds. The molecule has 0 saturated heterocycles. The summed E-state index contributed by atoms with van der Waals surface area (Å²) in [6.07, 6.45) is 1.75. The summed E-state index contributed by atoms with van der Waals surface area (Å²) in [7, 11) is 3.22. The molecule has 0 aliphatic carbocycles. The van der Waals surface area contributed by atoms with E-state index in [0.29, 0.717) is 23.6 Å². The molecule has 1 aromatic heterocycles. The Kier molecular flexibility index (Phi) is 5.88. The summed E-state index contributed by atoms with van der Waals surface area (Å²) >= 11 is 0. The van der Waals surface area contributed by atoms with Gasteiger partial charge in [0.2, 0.25) is 0 Å². The summed E-state index contributed by atoms with van der Waals surface area (Å²) < 4.78 is 12.1. The van der Waals surface area contributed by atoms with Crippen LogP contribution in [0.2, 0.25) is 0 Å². The molecule has 0 fully saturated rings. The largest absolute Gasteiger partial charge is 0.497 e. The van der Waals surface area contributed by atoms with E-state index in [1.54, 1.807) is 25.1 Å². The monoisotopic (exact) mass is 365 g/mol. The highest BCUT2D eigenvalue weighted by atomic mass is 16.5. The normalized spacial score (nSPS) is 11.8. The molecule has 1 unspecified atom stereocenters. The molecule has 0 aliphatic rings. The number of hydrogen-bond donors (Lipinski definition) is 1. The maximum absolute atomic E-state index is 12.9. The van der Waals surface area contributed by atoms with Crippen LogP contribution in [0, 0.1) is 0 Å². The highest BCUT2D eigenvalue weighted by molar-refractivity contribution is 6.00. The summed E-state index contributed by atoms with van der Waals surface area (Å²) in [6.45, 7) is 2.33. The van der Waals surface area contributed by atoms with E-state index < -0.39 is 0 Å². The Morgan fingerprint density at radius 3 is 2.63 bits per heavy atom. The van der Waals surface area contributed by atoms with E-state index >= 15 is 0 Å². The van der Waals surface area contributed by atoms with Gasteiger partial charge in [0.05, 0.1) is 25.0 Å². The SMILES string of the molecule is COCC(C)NC(=O)c1cn(-c2ccccc2)nc1-c1cccc(OC)c1. The summed E-state index contributed by atoms with van der Waals surface area (Å²) in [5, 5.41) is 7.62. The molecule has 0 radical (unpaired) electrons. The molecule has 0 saturated carbocycles. The van der Waals surface area contributed by atoms with Crippen LogP contribution in [0.5, 0.6) is 5.75 Å². The van der Waals surface area contributed by atoms with Gasteiger partial charge in [0.15, 0.2) is 0 Å². The Hall–Kier alpha value is -3.12. The maximum Gasteiger partial charge on any atom is 0.255 e. The zero-order chi connectivity index (χ0) is 19.2. The van der Waals surface area contributed by atoms with E-state index in [4.69, 9.17) is 9.47 Å². The predicted octanol–water partition coefficient (Wildman–Crippen LogP) is 3.31. The van der Waals surface area contributed by atoms with Gasteiger partial charge in [-0.15, -0.1) is 0 Å². The molecule has 3 rings (SSSR count). The Morgan fingerprint density at radius 1 is 1.15 bits per heavy atom. The highest BCUT2D eigenvalue weighted by Crippen LogP contribution is 2.27. The van der Waals surface area contributed by atoms with Crippen LogP contribution in [-0.2, 0) is 4.74 Å². The van der Waals surface area contributed by atoms with Crippen LogP contribution in [0.25, 0.3) is 16.9 Å². The van der Waals surface area contributed by atoms with Gasteiger partial charge in [0.25, 0.3) is 5.91 Å². The van der Waals surface area contributed by atoms with Crippen LogP contribution < -0.4 is 10.1 Å². The molecule has 1 atom stereocenters. The first-order chi connectivity index (χ1) is 13.1. The smallest absolute Gasteiger partial charge is 0.255 e. The van der Waals surface area contributed by atoms with Crippen LogP contribution in [0.1, 0.15) is 17.3 Å². The molecular weight excluding hydrogens is 342 g/mol. The average molecular weight is 365 g/mol. The van der Waals surface area contributed by atoms with Crippen molar-refractivity contribution in [3.63, 3.8) is 0 Å². The van der Waals surface area contributed by atoms with Crippen molar-refractivity contribution in [2.75, 3.05) is 20.8 Å². The maximum atomic E-state index is 12.9. The van der Waals surface area contributed by atoms with Crippen molar-refractivity contribution < 1.29 is 14.3 Å². The van der Waals surface area contributed by atoms with E-state index in [1.807, 2.05) is 61.5 Å². The fourth-order valence-corrected chi connectivity index (χ4v) is 2.83. The minimum absolute atomic E-state index is 0.110. The van der Waals surface area contributed by atoms with Crippen LogP contribution in [-0.4, -0.2) is 42.6 Å². The van der Waals surface area contributed by atoms with Gasteiger partial charge in [-0.1, -0.05) is 30.3 Å². The lowest BCUT2D eigenvalue weighted by Crippen LogP contribution is -2.35. The fraction of sp³-hybridized carbons (Fsp3) is 0.238. The van der Waals surface area contributed by atoms with Gasteiger partial charge in [-0.3, -0.25) is 4.79 Å². The standard InChI is InChI=1S/C21H23N3O3/c1-15(14-26-2)22-21(25)19-13-24(17-9-5-4-6-10-17)23-20(19)16-8-7-11-18(12-16)27-3/h4-13,15H,14H2,1-3H3,(H,22,25). The van der Waals surface area contributed by atoms with Crippen molar-refractivity contribution in [1.82, 2.24) is 15.1 Å².